The van der Waals surface area contributed by atoms with Crippen molar-refractivity contribution in [3.8, 4) is 0 Å². The van der Waals surface area contributed by atoms with Crippen LogP contribution < -0.4 is 16.8 Å². The van der Waals surface area contributed by atoms with E-state index in [-0.39, 0.29) is 6.54 Å². The fourth-order valence-corrected chi connectivity index (χ4v) is 1.87. The molecule has 5 nitrogen and oxygen atoms in total. The van der Waals surface area contributed by atoms with E-state index in [1.165, 1.54) is 0 Å². The summed E-state index contributed by atoms with van der Waals surface area (Å²) >= 11 is 3.34. The number of nitrogens with one attached hydrogen (secondary N) is 1. The summed E-state index contributed by atoms with van der Waals surface area (Å²) in [6.07, 6.45) is 1.68. The Hall–Kier alpha value is -1.82. The Labute approximate surface area is 106 Å². The third kappa shape index (κ3) is 2.47. The molecule has 5 N–H and O–H groups in total. The van der Waals surface area contributed by atoms with Gasteiger partial charge in [-0.1, -0.05) is 0 Å². The zero-order chi connectivity index (χ0) is 12.4. The molecule has 0 saturated carbocycles. The van der Waals surface area contributed by atoms with Crippen molar-refractivity contribution in [2.75, 3.05) is 17.6 Å². The first-order valence-corrected chi connectivity index (χ1v) is 5.73. The van der Waals surface area contributed by atoms with Gasteiger partial charge in [0.2, 0.25) is 5.91 Å². The maximum Gasteiger partial charge on any atom is 0.236 e. The van der Waals surface area contributed by atoms with Crippen LogP contribution in [0.2, 0.25) is 0 Å². The van der Waals surface area contributed by atoms with Crippen molar-refractivity contribution in [1.82, 2.24) is 4.98 Å². The smallest absolute Gasteiger partial charge is 0.236 e. The van der Waals surface area contributed by atoms with Crippen LogP contribution in [0, 0.1) is 0 Å². The molecule has 0 aliphatic heterocycles. The molecule has 2 aromatic rings. The Morgan fingerprint density at radius 1 is 1.47 bits per heavy atom. The van der Waals surface area contributed by atoms with Crippen LogP contribution in [0.25, 0.3) is 10.9 Å². The summed E-state index contributed by atoms with van der Waals surface area (Å²) in [5.41, 5.74) is 13.0. The molecule has 0 unspecified atom stereocenters. The van der Waals surface area contributed by atoms with E-state index in [1.54, 1.807) is 18.3 Å². The second-order valence-corrected chi connectivity index (χ2v) is 4.49. The molecule has 0 spiro atoms. The molecule has 0 atom stereocenters. The molecule has 0 radical (unpaired) electrons. The van der Waals surface area contributed by atoms with Gasteiger partial charge in [0.15, 0.2) is 0 Å². The minimum atomic E-state index is -0.424. The van der Waals surface area contributed by atoms with Gasteiger partial charge in [0.05, 0.1) is 17.7 Å². The molecule has 1 amide bonds. The Morgan fingerprint density at radius 3 is 2.94 bits per heavy atom. The number of pyridine rings is 1. The predicted molar refractivity (Wildman–Crippen MR) is 71.5 cm³/mol. The number of nitrogens with zero attached hydrogens (tertiary/aromatic N) is 1. The van der Waals surface area contributed by atoms with Crippen molar-refractivity contribution >= 4 is 44.1 Å². The molecule has 88 valence electrons. The highest BCUT2D eigenvalue weighted by Gasteiger charge is 2.06. The Balaban J connectivity index is 2.50. The van der Waals surface area contributed by atoms with Gasteiger partial charge < -0.3 is 16.8 Å². The molecular formula is C11H11BrN4O. The van der Waals surface area contributed by atoms with Crippen LogP contribution in [0.5, 0.6) is 0 Å². The number of hydrogen-bond acceptors (Lipinski definition) is 4. The average Bonchev–Trinajstić information content (AvgIpc) is 2.28. The van der Waals surface area contributed by atoms with Crippen molar-refractivity contribution in [3.63, 3.8) is 0 Å². The monoisotopic (exact) mass is 294 g/mol. The molecule has 0 saturated heterocycles. The number of rotatable bonds is 3. The predicted octanol–water partition coefficient (Wildman–Crippen LogP) is 1.48. The molecular weight excluding hydrogens is 284 g/mol. The first-order valence-electron chi connectivity index (χ1n) is 4.94. The lowest BCUT2D eigenvalue weighted by atomic mass is 10.1. The summed E-state index contributed by atoms with van der Waals surface area (Å²) in [5.74, 6) is -0.424. The van der Waals surface area contributed by atoms with Crippen LogP contribution in [0.4, 0.5) is 11.4 Å². The van der Waals surface area contributed by atoms with Gasteiger partial charge in [-0.05, 0) is 34.1 Å². The minimum absolute atomic E-state index is 0.0662. The van der Waals surface area contributed by atoms with Crippen LogP contribution in [0.3, 0.4) is 0 Å². The highest BCUT2D eigenvalue weighted by atomic mass is 79.9. The molecule has 1 heterocycles. The number of fused-ring (bicyclic) bond motifs is 1. The molecule has 0 bridgehead atoms. The van der Waals surface area contributed by atoms with Crippen molar-refractivity contribution in [2.45, 2.75) is 0 Å². The van der Waals surface area contributed by atoms with E-state index in [0.717, 1.165) is 21.1 Å². The number of benzene rings is 1. The number of carbonyl (C=O) groups excluding carboxylic acids is 1. The van der Waals surface area contributed by atoms with Crippen LogP contribution in [-0.2, 0) is 4.79 Å². The number of anilines is 2. The topological polar surface area (TPSA) is 94.0 Å². The van der Waals surface area contributed by atoms with Crippen molar-refractivity contribution in [1.29, 1.82) is 0 Å². The van der Waals surface area contributed by atoms with Crippen LogP contribution in [0.15, 0.2) is 28.9 Å². The standard InChI is InChI=1S/C11H11BrN4O/c12-6-3-7-8(13)1-2-9(11(7)16-4-6)15-5-10(14)17/h1-4,15H,5,13H2,(H2,14,17). The summed E-state index contributed by atoms with van der Waals surface area (Å²) in [6, 6.07) is 5.43. The first kappa shape index (κ1) is 11.7. The SMILES string of the molecule is NC(=O)CNc1ccc(N)c2cc(Br)cnc12. The van der Waals surface area contributed by atoms with E-state index >= 15 is 0 Å². The third-order valence-electron chi connectivity index (χ3n) is 2.30. The normalized spacial score (nSPS) is 10.4. The second-order valence-electron chi connectivity index (χ2n) is 3.57. The van der Waals surface area contributed by atoms with Crippen molar-refractivity contribution in [3.05, 3.63) is 28.9 Å². The Bertz CT molecular complexity index is 585. The molecule has 2 rings (SSSR count). The third-order valence-corrected chi connectivity index (χ3v) is 2.74. The number of nitrogens with two attached hydrogens (primary N) is 2. The minimum Gasteiger partial charge on any atom is -0.398 e. The van der Waals surface area contributed by atoms with Crippen molar-refractivity contribution < 1.29 is 4.79 Å². The van der Waals surface area contributed by atoms with Gasteiger partial charge in [-0.25, -0.2) is 0 Å². The average molecular weight is 295 g/mol. The van der Waals surface area contributed by atoms with Crippen molar-refractivity contribution in [2.24, 2.45) is 5.73 Å². The molecule has 6 heteroatoms. The molecule has 0 fully saturated rings. The summed E-state index contributed by atoms with van der Waals surface area (Å²) in [4.78, 5) is 15.0. The van der Waals surface area contributed by atoms with Crippen LogP contribution in [-0.4, -0.2) is 17.4 Å². The fraction of sp³-hybridized carbons (Fsp3) is 0.0909. The number of hydrogen-bond donors (Lipinski definition) is 3. The number of primary amides is 1. The van der Waals surface area contributed by atoms with Crippen LogP contribution in [0.1, 0.15) is 0 Å². The number of amides is 1. The zero-order valence-electron chi connectivity index (χ0n) is 8.90. The maximum absolute atomic E-state index is 10.7. The molecule has 17 heavy (non-hydrogen) atoms. The van der Waals surface area contributed by atoms with Gasteiger partial charge in [-0.15, -0.1) is 0 Å². The number of halogens is 1. The molecule has 0 aliphatic rings. The van der Waals surface area contributed by atoms with Crippen LogP contribution >= 0.6 is 15.9 Å². The maximum atomic E-state index is 10.7. The van der Waals surface area contributed by atoms with Gasteiger partial charge in [0, 0.05) is 21.7 Å². The fourth-order valence-electron chi connectivity index (χ4n) is 1.54. The summed E-state index contributed by atoms with van der Waals surface area (Å²) < 4.78 is 0.851. The van der Waals surface area contributed by atoms with E-state index in [2.05, 4.69) is 26.2 Å². The lowest BCUT2D eigenvalue weighted by Crippen LogP contribution is -2.21. The van der Waals surface area contributed by atoms with E-state index in [9.17, 15) is 4.79 Å². The quantitative estimate of drug-likeness (QED) is 0.747. The summed E-state index contributed by atoms with van der Waals surface area (Å²) in [6.45, 7) is 0.0662. The Morgan fingerprint density at radius 2 is 2.24 bits per heavy atom. The lowest BCUT2D eigenvalue weighted by Gasteiger charge is -2.09. The zero-order valence-corrected chi connectivity index (χ0v) is 10.5. The van der Waals surface area contributed by atoms with Gasteiger partial charge in [0.1, 0.15) is 0 Å². The van der Waals surface area contributed by atoms with Gasteiger partial charge in [-0.2, -0.15) is 0 Å². The van der Waals surface area contributed by atoms with E-state index in [0.29, 0.717) is 5.69 Å². The molecule has 0 aliphatic carbocycles. The number of carbonyl (C=O) groups is 1. The highest BCUT2D eigenvalue weighted by Crippen LogP contribution is 2.28. The van der Waals surface area contributed by atoms with Gasteiger partial charge in [-0.3, -0.25) is 9.78 Å². The summed E-state index contributed by atoms with van der Waals surface area (Å²) in [7, 11) is 0. The molecule has 1 aromatic heterocycles. The lowest BCUT2D eigenvalue weighted by molar-refractivity contribution is -0.116. The van der Waals surface area contributed by atoms with E-state index in [4.69, 9.17) is 11.5 Å². The van der Waals surface area contributed by atoms with E-state index in [1.807, 2.05) is 6.07 Å². The number of aromatic nitrogens is 1. The first-order chi connectivity index (χ1) is 8.08. The Kier molecular flexibility index (Phi) is 3.14. The van der Waals surface area contributed by atoms with Gasteiger partial charge in [0.25, 0.3) is 0 Å². The highest BCUT2D eigenvalue weighted by molar-refractivity contribution is 9.10. The largest absolute Gasteiger partial charge is 0.398 e. The molecule has 1 aromatic carbocycles. The summed E-state index contributed by atoms with van der Waals surface area (Å²) in [5, 5.41) is 3.75. The van der Waals surface area contributed by atoms with Gasteiger partial charge >= 0.3 is 0 Å². The van der Waals surface area contributed by atoms with E-state index < -0.39 is 5.91 Å². The number of nitrogen functional groups attached to an aromatic ring is 1. The second kappa shape index (κ2) is 4.58.